The van der Waals surface area contributed by atoms with Crippen LogP contribution < -0.4 is 9.62 Å². The minimum absolute atomic E-state index is 0.327. The van der Waals surface area contributed by atoms with E-state index < -0.39 is 15.9 Å². The van der Waals surface area contributed by atoms with Gasteiger partial charge in [0.15, 0.2) is 4.34 Å². The van der Waals surface area contributed by atoms with Gasteiger partial charge in [0.25, 0.3) is 0 Å². The number of aromatic nitrogens is 2. The molecule has 0 saturated carbocycles. The van der Waals surface area contributed by atoms with E-state index in [9.17, 15) is 13.2 Å². The van der Waals surface area contributed by atoms with E-state index >= 15 is 0 Å². The average molecular weight is 385 g/mol. The minimum atomic E-state index is -3.59. The first-order valence-electron chi connectivity index (χ1n) is 6.80. The van der Waals surface area contributed by atoms with E-state index in [0.29, 0.717) is 20.9 Å². The van der Waals surface area contributed by atoms with Crippen LogP contribution in [0.15, 0.2) is 47.3 Å². The zero-order chi connectivity index (χ0) is 17.6. The van der Waals surface area contributed by atoms with E-state index in [1.54, 1.807) is 36.4 Å². The number of amides is 1. The number of carbonyl (C=O) groups excluding carboxylic acids is 1. The van der Waals surface area contributed by atoms with Gasteiger partial charge in [-0.05, 0) is 12.1 Å². The average Bonchev–Trinajstić information content (AvgIpc) is 2.97. The van der Waals surface area contributed by atoms with Crippen LogP contribution in [0.2, 0.25) is 0 Å². The summed E-state index contributed by atoms with van der Waals surface area (Å²) in [5.74, 6) is 0.207. The molecule has 128 valence electrons. The molecule has 1 N–H and O–H groups in total. The summed E-state index contributed by atoms with van der Waals surface area (Å²) in [6, 6.07) is 8.44. The van der Waals surface area contributed by atoms with E-state index in [1.165, 1.54) is 23.1 Å². The van der Waals surface area contributed by atoms with Crippen molar-refractivity contribution in [1.82, 2.24) is 10.2 Å². The third-order valence-corrected chi connectivity index (χ3v) is 5.82. The van der Waals surface area contributed by atoms with Gasteiger partial charge >= 0.3 is 0 Å². The molecule has 1 heterocycles. The molecular weight excluding hydrogens is 368 g/mol. The molecule has 0 aliphatic rings. The lowest BCUT2D eigenvalue weighted by Gasteiger charge is -2.21. The maximum atomic E-state index is 12.2. The number of rotatable bonds is 8. The fourth-order valence-corrected chi connectivity index (χ4v) is 4.12. The predicted octanol–water partition coefficient (Wildman–Crippen LogP) is 2.22. The quantitative estimate of drug-likeness (QED) is 0.426. The summed E-state index contributed by atoms with van der Waals surface area (Å²) in [6.45, 7) is 3.28. The first kappa shape index (κ1) is 18.4. The molecule has 2 aromatic rings. The summed E-state index contributed by atoms with van der Waals surface area (Å²) in [4.78, 5) is 12.2. The van der Waals surface area contributed by atoms with Gasteiger partial charge in [0, 0.05) is 5.75 Å². The van der Waals surface area contributed by atoms with Crippen LogP contribution >= 0.6 is 23.1 Å². The Morgan fingerprint density at radius 3 is 2.71 bits per heavy atom. The molecule has 0 aliphatic carbocycles. The molecule has 0 radical (unpaired) electrons. The number of nitrogens with one attached hydrogen (secondary N) is 1. The van der Waals surface area contributed by atoms with Crippen molar-refractivity contribution < 1.29 is 13.2 Å². The number of hydrogen-bond acceptors (Lipinski definition) is 7. The lowest BCUT2D eigenvalue weighted by molar-refractivity contribution is -0.114. The predicted molar refractivity (Wildman–Crippen MR) is 98.1 cm³/mol. The smallest absolute Gasteiger partial charge is 0.246 e. The summed E-state index contributed by atoms with van der Waals surface area (Å²) >= 11 is 2.68. The van der Waals surface area contributed by atoms with Gasteiger partial charge in [0.1, 0.15) is 6.54 Å². The lowest BCUT2D eigenvalue weighted by Crippen LogP contribution is -2.37. The molecular formula is C14H16N4O3S3. The Morgan fingerprint density at radius 2 is 2.08 bits per heavy atom. The molecule has 0 spiro atoms. The Morgan fingerprint density at radius 1 is 1.38 bits per heavy atom. The van der Waals surface area contributed by atoms with Crippen LogP contribution in [0.5, 0.6) is 0 Å². The highest BCUT2D eigenvalue weighted by molar-refractivity contribution is 8.01. The molecule has 1 amide bonds. The zero-order valence-corrected chi connectivity index (χ0v) is 15.3. The van der Waals surface area contributed by atoms with Crippen LogP contribution in [-0.2, 0) is 14.8 Å². The molecule has 24 heavy (non-hydrogen) atoms. The van der Waals surface area contributed by atoms with Crippen molar-refractivity contribution in [2.75, 3.05) is 28.2 Å². The number of thioether (sulfide) groups is 1. The third-order valence-electron chi connectivity index (χ3n) is 2.71. The topological polar surface area (TPSA) is 92.3 Å². The van der Waals surface area contributed by atoms with Crippen LogP contribution in [0.4, 0.5) is 10.8 Å². The first-order valence-corrected chi connectivity index (χ1v) is 10.4. The van der Waals surface area contributed by atoms with Crippen molar-refractivity contribution >= 4 is 49.8 Å². The van der Waals surface area contributed by atoms with Gasteiger partial charge in [-0.15, -0.1) is 16.8 Å². The molecule has 0 atom stereocenters. The standard InChI is InChI=1S/C14H16N4O3S3/c1-3-9-22-14-17-16-13(23-14)15-12(19)10-18(24(2,20)21)11-7-5-4-6-8-11/h3-8H,1,9-10H2,2H3,(H,15,16,19). The highest BCUT2D eigenvalue weighted by Crippen LogP contribution is 2.25. The Labute approximate surface area is 148 Å². The number of carbonyl (C=O) groups is 1. The van der Waals surface area contributed by atoms with Crippen molar-refractivity contribution in [3.63, 3.8) is 0 Å². The second-order valence-corrected chi connectivity index (χ2v) is 8.78. The third kappa shape index (κ3) is 5.32. The van der Waals surface area contributed by atoms with Gasteiger partial charge in [-0.25, -0.2) is 8.42 Å². The van der Waals surface area contributed by atoms with Crippen molar-refractivity contribution in [2.45, 2.75) is 4.34 Å². The second-order valence-electron chi connectivity index (χ2n) is 4.63. The molecule has 0 unspecified atom stereocenters. The summed E-state index contributed by atoms with van der Waals surface area (Å²) in [7, 11) is -3.59. The summed E-state index contributed by atoms with van der Waals surface area (Å²) < 4.78 is 25.6. The van der Waals surface area contributed by atoms with Crippen molar-refractivity contribution in [1.29, 1.82) is 0 Å². The molecule has 0 bridgehead atoms. The van der Waals surface area contributed by atoms with Gasteiger partial charge in [-0.1, -0.05) is 47.4 Å². The summed E-state index contributed by atoms with van der Waals surface area (Å²) in [6.07, 6.45) is 2.80. The molecule has 0 saturated heterocycles. The SMILES string of the molecule is C=CCSc1nnc(NC(=O)CN(c2ccccc2)S(C)(=O)=O)s1. The number of nitrogens with zero attached hydrogens (tertiary/aromatic N) is 3. The Kier molecular flexibility index (Phi) is 6.35. The zero-order valence-electron chi connectivity index (χ0n) is 12.9. The minimum Gasteiger partial charge on any atom is -0.299 e. The maximum Gasteiger partial charge on any atom is 0.246 e. The van der Waals surface area contributed by atoms with Crippen LogP contribution in [0.3, 0.4) is 0 Å². The van der Waals surface area contributed by atoms with Gasteiger partial charge in [-0.2, -0.15) is 0 Å². The van der Waals surface area contributed by atoms with Gasteiger partial charge < -0.3 is 0 Å². The van der Waals surface area contributed by atoms with Crippen LogP contribution in [-0.4, -0.2) is 43.1 Å². The largest absolute Gasteiger partial charge is 0.299 e. The van der Waals surface area contributed by atoms with Crippen molar-refractivity contribution in [3.05, 3.63) is 43.0 Å². The number of anilines is 2. The summed E-state index contributed by atoms with van der Waals surface area (Å²) in [5, 5.41) is 10.7. The summed E-state index contributed by atoms with van der Waals surface area (Å²) in [5.41, 5.74) is 0.426. The molecule has 7 nitrogen and oxygen atoms in total. The molecule has 2 rings (SSSR count). The van der Waals surface area contributed by atoms with Gasteiger partial charge in [-0.3, -0.25) is 14.4 Å². The molecule has 0 aliphatic heterocycles. The highest BCUT2D eigenvalue weighted by Gasteiger charge is 2.21. The number of para-hydroxylation sites is 1. The van der Waals surface area contributed by atoms with Crippen LogP contribution in [0.25, 0.3) is 0 Å². The Balaban J connectivity index is 2.06. The lowest BCUT2D eigenvalue weighted by atomic mass is 10.3. The van der Waals surface area contributed by atoms with Gasteiger partial charge in [0.2, 0.25) is 21.1 Å². The fraction of sp³-hybridized carbons (Fsp3) is 0.214. The Hall–Kier alpha value is -1.91. The maximum absolute atomic E-state index is 12.2. The van der Waals surface area contributed by atoms with Gasteiger partial charge in [0.05, 0.1) is 11.9 Å². The Bertz CT molecular complexity index is 806. The molecule has 1 aromatic heterocycles. The van der Waals surface area contributed by atoms with E-state index in [0.717, 1.165) is 10.6 Å². The van der Waals surface area contributed by atoms with E-state index in [1.807, 2.05) is 0 Å². The first-order chi connectivity index (χ1) is 11.4. The van der Waals surface area contributed by atoms with E-state index in [4.69, 9.17) is 0 Å². The normalized spacial score (nSPS) is 11.0. The second kappa shape index (κ2) is 8.27. The van der Waals surface area contributed by atoms with Crippen LogP contribution in [0, 0.1) is 0 Å². The monoisotopic (exact) mass is 384 g/mol. The molecule has 0 fully saturated rings. The van der Waals surface area contributed by atoms with E-state index in [2.05, 4.69) is 22.1 Å². The number of sulfonamides is 1. The van der Waals surface area contributed by atoms with E-state index in [-0.39, 0.29) is 6.54 Å². The molecule has 1 aromatic carbocycles. The van der Waals surface area contributed by atoms with Crippen molar-refractivity contribution in [2.24, 2.45) is 0 Å². The molecule has 10 heteroatoms. The number of benzene rings is 1. The number of hydrogen-bond donors (Lipinski definition) is 1. The fourth-order valence-electron chi connectivity index (χ4n) is 1.73. The van der Waals surface area contributed by atoms with Crippen LogP contribution in [0.1, 0.15) is 0 Å². The highest BCUT2D eigenvalue weighted by atomic mass is 32.2. The van der Waals surface area contributed by atoms with Crippen molar-refractivity contribution in [3.8, 4) is 0 Å².